The number of aromatic nitrogens is 3. The zero-order chi connectivity index (χ0) is 13.2. The molecule has 0 bridgehead atoms. The normalized spacial score (nSPS) is 18.1. The number of thiophene rings is 1. The van der Waals surface area contributed by atoms with Crippen molar-refractivity contribution in [2.75, 3.05) is 7.11 Å². The first kappa shape index (κ1) is 12.3. The highest BCUT2D eigenvalue weighted by atomic mass is 32.1. The lowest BCUT2D eigenvalue weighted by Gasteiger charge is -2.19. The number of methoxy groups -OCH3 is 1. The highest BCUT2D eigenvalue weighted by molar-refractivity contribution is 7.09. The smallest absolute Gasteiger partial charge is 0.309 e. The van der Waals surface area contributed by atoms with Crippen LogP contribution in [0.5, 0.6) is 0 Å². The summed E-state index contributed by atoms with van der Waals surface area (Å²) >= 11 is 1.71. The Morgan fingerprint density at radius 1 is 1.63 bits per heavy atom. The molecular formula is C13H15N3O2S. The maximum Gasteiger partial charge on any atom is 0.309 e. The lowest BCUT2D eigenvalue weighted by Crippen LogP contribution is -2.27. The molecule has 1 unspecified atom stereocenters. The molecule has 3 heterocycles. The number of rotatable bonds is 3. The summed E-state index contributed by atoms with van der Waals surface area (Å²) in [5.41, 5.74) is 0. The molecule has 5 nitrogen and oxygen atoms in total. The summed E-state index contributed by atoms with van der Waals surface area (Å²) in [5.74, 6) is 1.52. The minimum atomic E-state index is -0.144. The molecule has 0 spiro atoms. The van der Waals surface area contributed by atoms with Crippen LogP contribution in [0.4, 0.5) is 0 Å². The van der Waals surface area contributed by atoms with Crippen molar-refractivity contribution in [3.05, 3.63) is 34.0 Å². The molecular weight excluding hydrogens is 262 g/mol. The number of hydrogen-bond acceptors (Lipinski definition) is 5. The fourth-order valence-electron chi connectivity index (χ4n) is 2.37. The number of fused-ring (bicyclic) bond motifs is 1. The second-order valence-corrected chi connectivity index (χ2v) is 5.67. The number of hydrogen-bond donors (Lipinski definition) is 0. The lowest BCUT2D eigenvalue weighted by atomic mass is 9.98. The third-order valence-electron chi connectivity index (χ3n) is 3.36. The standard InChI is InChI=1S/C13H15N3O2S/c1-18-13(17)9-4-5-16-12(7-9)14-11(15-16)8-10-3-2-6-19-10/h2-3,6,9H,4-5,7-8H2,1H3. The molecule has 0 aliphatic carbocycles. The van der Waals surface area contributed by atoms with Gasteiger partial charge in [0.15, 0.2) is 5.82 Å². The van der Waals surface area contributed by atoms with Crippen molar-refractivity contribution in [1.29, 1.82) is 0 Å². The van der Waals surface area contributed by atoms with E-state index in [0.717, 1.165) is 31.0 Å². The van der Waals surface area contributed by atoms with Gasteiger partial charge in [-0.2, -0.15) is 5.10 Å². The van der Waals surface area contributed by atoms with Gasteiger partial charge in [0.2, 0.25) is 0 Å². The Balaban J connectivity index is 1.75. The minimum absolute atomic E-state index is 0.0729. The molecule has 0 amide bonds. The minimum Gasteiger partial charge on any atom is -0.469 e. The summed E-state index contributed by atoms with van der Waals surface area (Å²) in [6.07, 6.45) is 2.17. The van der Waals surface area contributed by atoms with Crippen LogP contribution >= 0.6 is 11.3 Å². The van der Waals surface area contributed by atoms with E-state index in [1.807, 2.05) is 10.7 Å². The summed E-state index contributed by atoms with van der Waals surface area (Å²) in [4.78, 5) is 17.4. The van der Waals surface area contributed by atoms with E-state index in [1.54, 1.807) is 11.3 Å². The molecule has 1 aliphatic heterocycles. The van der Waals surface area contributed by atoms with Crippen LogP contribution in [0.1, 0.15) is 22.9 Å². The van der Waals surface area contributed by atoms with Crippen molar-refractivity contribution in [3.8, 4) is 0 Å². The summed E-state index contributed by atoms with van der Waals surface area (Å²) in [7, 11) is 1.43. The summed E-state index contributed by atoms with van der Waals surface area (Å²) < 4.78 is 6.72. The molecule has 0 fully saturated rings. The topological polar surface area (TPSA) is 57.0 Å². The van der Waals surface area contributed by atoms with Crippen LogP contribution in [-0.4, -0.2) is 27.8 Å². The van der Waals surface area contributed by atoms with E-state index in [4.69, 9.17) is 4.74 Å². The van der Waals surface area contributed by atoms with Gasteiger partial charge in [-0.25, -0.2) is 9.67 Å². The van der Waals surface area contributed by atoms with Crippen molar-refractivity contribution < 1.29 is 9.53 Å². The molecule has 2 aromatic rings. The van der Waals surface area contributed by atoms with Crippen molar-refractivity contribution in [2.45, 2.75) is 25.8 Å². The van der Waals surface area contributed by atoms with Gasteiger partial charge in [0.05, 0.1) is 13.0 Å². The number of carbonyl (C=O) groups excluding carboxylic acids is 1. The largest absolute Gasteiger partial charge is 0.469 e. The van der Waals surface area contributed by atoms with Gasteiger partial charge in [0, 0.05) is 24.3 Å². The molecule has 2 aromatic heterocycles. The molecule has 0 aromatic carbocycles. The Kier molecular flexibility index (Phi) is 3.33. The molecule has 0 saturated heterocycles. The van der Waals surface area contributed by atoms with Gasteiger partial charge < -0.3 is 4.74 Å². The Bertz CT molecular complexity index is 577. The maximum atomic E-state index is 11.6. The monoisotopic (exact) mass is 277 g/mol. The van der Waals surface area contributed by atoms with Crippen LogP contribution in [0.3, 0.4) is 0 Å². The predicted molar refractivity (Wildman–Crippen MR) is 71.0 cm³/mol. The molecule has 1 atom stereocenters. The van der Waals surface area contributed by atoms with Crippen LogP contribution < -0.4 is 0 Å². The Morgan fingerprint density at radius 2 is 2.53 bits per heavy atom. The first-order valence-corrected chi connectivity index (χ1v) is 7.17. The summed E-state index contributed by atoms with van der Waals surface area (Å²) in [6, 6.07) is 4.12. The van der Waals surface area contributed by atoms with E-state index in [9.17, 15) is 4.79 Å². The van der Waals surface area contributed by atoms with E-state index in [2.05, 4.69) is 21.5 Å². The molecule has 0 saturated carbocycles. The van der Waals surface area contributed by atoms with Crippen LogP contribution in [-0.2, 0) is 28.9 Å². The molecule has 3 rings (SSSR count). The van der Waals surface area contributed by atoms with Gasteiger partial charge in [-0.05, 0) is 17.9 Å². The number of esters is 1. The molecule has 6 heteroatoms. The predicted octanol–water partition coefficient (Wildman–Crippen LogP) is 1.67. The van der Waals surface area contributed by atoms with Crippen molar-refractivity contribution in [1.82, 2.24) is 14.8 Å². The van der Waals surface area contributed by atoms with Gasteiger partial charge >= 0.3 is 5.97 Å². The van der Waals surface area contributed by atoms with Crippen molar-refractivity contribution in [3.63, 3.8) is 0 Å². The van der Waals surface area contributed by atoms with E-state index in [-0.39, 0.29) is 11.9 Å². The zero-order valence-electron chi connectivity index (χ0n) is 10.7. The molecule has 19 heavy (non-hydrogen) atoms. The first-order valence-electron chi connectivity index (χ1n) is 6.29. The Labute approximate surface area is 115 Å². The van der Waals surface area contributed by atoms with E-state index in [1.165, 1.54) is 12.0 Å². The second kappa shape index (κ2) is 5.13. The molecule has 100 valence electrons. The Hall–Kier alpha value is -1.69. The van der Waals surface area contributed by atoms with Crippen LogP contribution in [0.15, 0.2) is 17.5 Å². The van der Waals surface area contributed by atoms with Gasteiger partial charge in [0.1, 0.15) is 5.82 Å². The quantitative estimate of drug-likeness (QED) is 0.801. The highest BCUT2D eigenvalue weighted by Crippen LogP contribution is 2.21. The van der Waals surface area contributed by atoms with E-state index >= 15 is 0 Å². The highest BCUT2D eigenvalue weighted by Gasteiger charge is 2.27. The summed E-state index contributed by atoms with van der Waals surface area (Å²) in [6.45, 7) is 0.743. The van der Waals surface area contributed by atoms with Crippen molar-refractivity contribution in [2.24, 2.45) is 5.92 Å². The fourth-order valence-corrected chi connectivity index (χ4v) is 3.07. The maximum absolute atomic E-state index is 11.6. The average molecular weight is 277 g/mol. The van der Waals surface area contributed by atoms with Crippen molar-refractivity contribution >= 4 is 17.3 Å². The lowest BCUT2D eigenvalue weighted by molar-refractivity contribution is -0.146. The number of nitrogens with zero attached hydrogens (tertiary/aromatic N) is 3. The van der Waals surface area contributed by atoms with Crippen LogP contribution in [0.2, 0.25) is 0 Å². The van der Waals surface area contributed by atoms with Crippen LogP contribution in [0, 0.1) is 5.92 Å². The number of ether oxygens (including phenoxy) is 1. The van der Waals surface area contributed by atoms with Gasteiger partial charge in [-0.3, -0.25) is 4.79 Å². The third-order valence-corrected chi connectivity index (χ3v) is 4.23. The number of carbonyl (C=O) groups is 1. The third kappa shape index (κ3) is 2.53. The first-order chi connectivity index (χ1) is 9.26. The van der Waals surface area contributed by atoms with Gasteiger partial charge in [0.25, 0.3) is 0 Å². The van der Waals surface area contributed by atoms with Crippen LogP contribution in [0.25, 0.3) is 0 Å². The van der Waals surface area contributed by atoms with Gasteiger partial charge in [-0.1, -0.05) is 6.07 Å². The molecule has 0 N–H and O–H groups in total. The number of aryl methyl sites for hydroxylation is 1. The summed E-state index contributed by atoms with van der Waals surface area (Å²) in [5, 5.41) is 6.56. The molecule has 0 radical (unpaired) electrons. The van der Waals surface area contributed by atoms with E-state index in [0.29, 0.717) is 6.42 Å². The molecule has 1 aliphatic rings. The second-order valence-electron chi connectivity index (χ2n) is 4.64. The fraction of sp³-hybridized carbons (Fsp3) is 0.462. The van der Waals surface area contributed by atoms with E-state index < -0.39 is 0 Å². The average Bonchev–Trinajstić information content (AvgIpc) is 3.05. The Morgan fingerprint density at radius 3 is 3.26 bits per heavy atom. The van der Waals surface area contributed by atoms with Gasteiger partial charge in [-0.15, -0.1) is 11.3 Å². The zero-order valence-corrected chi connectivity index (χ0v) is 11.5. The SMILES string of the molecule is COC(=O)C1CCn2nc(Cc3cccs3)nc2C1.